The number of hydrogen-bond donors (Lipinski definition) is 3. The molecule has 2 aliphatic rings. The third-order valence-corrected chi connectivity index (χ3v) is 5.64. The Morgan fingerprint density at radius 1 is 1.31 bits per heavy atom. The van der Waals surface area contributed by atoms with Crippen molar-refractivity contribution in [2.75, 3.05) is 19.7 Å². The van der Waals surface area contributed by atoms with Crippen molar-refractivity contribution in [3.63, 3.8) is 0 Å². The van der Waals surface area contributed by atoms with Crippen LogP contribution in [-0.2, 0) is 4.79 Å². The van der Waals surface area contributed by atoms with Crippen LogP contribution in [0.2, 0.25) is 0 Å². The molecule has 1 saturated carbocycles. The Labute approximate surface area is 168 Å². The van der Waals surface area contributed by atoms with Crippen molar-refractivity contribution in [2.45, 2.75) is 31.7 Å². The van der Waals surface area contributed by atoms with Gasteiger partial charge in [0.05, 0.1) is 24.2 Å². The minimum atomic E-state index is -1.02. The Kier molecular flexibility index (Phi) is 5.64. The Bertz CT molecular complexity index is 833. The average molecular weight is 399 g/mol. The van der Waals surface area contributed by atoms with Crippen molar-refractivity contribution >= 4 is 12.0 Å². The van der Waals surface area contributed by atoms with Crippen LogP contribution in [0.1, 0.15) is 25.7 Å². The number of H-pyrrole nitrogens is 1. The van der Waals surface area contributed by atoms with Crippen LogP contribution in [0, 0.1) is 11.8 Å². The van der Waals surface area contributed by atoms with E-state index in [0.717, 1.165) is 30.8 Å². The van der Waals surface area contributed by atoms with Crippen molar-refractivity contribution in [1.82, 2.24) is 25.4 Å². The number of carbonyl (C=O) groups excluding carboxylic acids is 1. The number of amides is 2. The molecule has 1 atom stereocenters. The molecule has 1 saturated heterocycles. The zero-order valence-electron chi connectivity index (χ0n) is 16.1. The fourth-order valence-electron chi connectivity index (χ4n) is 4.01. The maximum absolute atomic E-state index is 12.7. The van der Waals surface area contributed by atoms with Crippen LogP contribution < -0.4 is 10.1 Å². The molecule has 3 heterocycles. The molecule has 0 bridgehead atoms. The highest BCUT2D eigenvalue weighted by Crippen LogP contribution is 2.31. The first kappa shape index (κ1) is 19.2. The second-order valence-corrected chi connectivity index (χ2v) is 7.77. The number of carbonyl (C=O) groups is 2. The number of aromatic amines is 1. The van der Waals surface area contributed by atoms with Gasteiger partial charge in [-0.1, -0.05) is 0 Å². The second-order valence-electron chi connectivity index (χ2n) is 7.77. The molecule has 9 heteroatoms. The Morgan fingerprint density at radius 3 is 2.86 bits per heavy atom. The van der Waals surface area contributed by atoms with E-state index in [9.17, 15) is 9.59 Å². The molecule has 9 nitrogen and oxygen atoms in total. The van der Waals surface area contributed by atoms with E-state index in [2.05, 4.69) is 20.5 Å². The van der Waals surface area contributed by atoms with Crippen molar-refractivity contribution in [1.29, 1.82) is 0 Å². The maximum atomic E-state index is 12.7. The van der Waals surface area contributed by atoms with Gasteiger partial charge in [-0.2, -0.15) is 5.10 Å². The second kappa shape index (κ2) is 8.50. The topological polar surface area (TPSA) is 120 Å². The molecule has 0 radical (unpaired) electrons. The predicted molar refractivity (Wildman–Crippen MR) is 104 cm³/mol. The zero-order chi connectivity index (χ0) is 20.2. The number of likely N-dealkylation sites (tertiary alicyclic amines) is 1. The fourth-order valence-corrected chi connectivity index (χ4v) is 4.01. The van der Waals surface area contributed by atoms with Crippen LogP contribution in [0.3, 0.4) is 0 Å². The Hall–Kier alpha value is -3.10. The number of ether oxygens (including phenoxy) is 1. The average Bonchev–Trinajstić information content (AvgIpc) is 3.24. The summed E-state index contributed by atoms with van der Waals surface area (Å²) in [7, 11) is 0. The van der Waals surface area contributed by atoms with E-state index in [4.69, 9.17) is 9.84 Å². The number of pyridine rings is 1. The number of nitrogens with one attached hydrogen (secondary N) is 2. The lowest BCUT2D eigenvalue weighted by atomic mass is 9.79. The zero-order valence-corrected chi connectivity index (χ0v) is 16.1. The number of aromatic nitrogens is 3. The van der Waals surface area contributed by atoms with Gasteiger partial charge in [-0.15, -0.1) is 0 Å². The highest BCUT2D eigenvalue weighted by molar-refractivity contribution is 5.80. The molecule has 0 aromatic carbocycles. The van der Waals surface area contributed by atoms with Crippen LogP contribution in [0.4, 0.5) is 4.79 Å². The molecule has 0 unspecified atom stereocenters. The third-order valence-electron chi connectivity index (χ3n) is 5.64. The molecule has 2 aromatic heterocycles. The molecule has 2 amide bonds. The van der Waals surface area contributed by atoms with E-state index >= 15 is 0 Å². The highest BCUT2D eigenvalue weighted by atomic mass is 16.5. The molecular weight excluding hydrogens is 374 g/mol. The number of rotatable bonds is 6. The molecule has 1 aliphatic heterocycles. The van der Waals surface area contributed by atoms with Gasteiger partial charge in [-0.3, -0.25) is 14.9 Å². The van der Waals surface area contributed by atoms with Gasteiger partial charge in [0.2, 0.25) is 5.91 Å². The summed E-state index contributed by atoms with van der Waals surface area (Å²) in [5.74, 6) is 1.07. The first-order chi connectivity index (χ1) is 14.1. The molecule has 4 rings (SSSR count). The number of carboxylic acid groups (broad SMARTS) is 1. The van der Waals surface area contributed by atoms with Gasteiger partial charge >= 0.3 is 6.09 Å². The molecule has 3 N–H and O–H groups in total. The van der Waals surface area contributed by atoms with E-state index in [0.29, 0.717) is 31.7 Å². The largest absolute Gasteiger partial charge is 0.492 e. The Morgan fingerprint density at radius 2 is 2.17 bits per heavy atom. The first-order valence-corrected chi connectivity index (χ1v) is 9.95. The van der Waals surface area contributed by atoms with E-state index in [1.54, 1.807) is 12.4 Å². The Balaban J connectivity index is 1.24. The van der Waals surface area contributed by atoms with Gasteiger partial charge in [0.15, 0.2) is 0 Å². The van der Waals surface area contributed by atoms with E-state index in [1.165, 1.54) is 0 Å². The summed E-state index contributed by atoms with van der Waals surface area (Å²) < 4.78 is 5.91. The minimum absolute atomic E-state index is 0.0641. The van der Waals surface area contributed by atoms with E-state index in [-0.39, 0.29) is 23.8 Å². The molecule has 154 valence electrons. The van der Waals surface area contributed by atoms with Crippen molar-refractivity contribution in [3.8, 4) is 17.1 Å². The lowest BCUT2D eigenvalue weighted by molar-refractivity contribution is -0.141. The summed E-state index contributed by atoms with van der Waals surface area (Å²) in [6.45, 7) is 2.00. The van der Waals surface area contributed by atoms with Gasteiger partial charge in [0, 0.05) is 37.2 Å². The molecular formula is C20H25N5O4. The lowest BCUT2D eigenvalue weighted by Crippen LogP contribution is -2.52. The summed E-state index contributed by atoms with van der Waals surface area (Å²) in [5, 5.41) is 18.0. The highest BCUT2D eigenvalue weighted by Gasteiger charge is 2.38. The summed E-state index contributed by atoms with van der Waals surface area (Å²) in [6, 6.07) is 5.54. The standard InChI is InChI=1S/C20H25N5O4/c26-19(14-8-15(9-14)23-20(27)28)25-7-1-2-13(11-25)12-29-16-3-4-17(21-10-16)18-5-6-22-24-18/h3-6,10,13-15,23H,1-2,7-9,11-12H2,(H,22,24)(H,27,28)/t13-,14?,15?/m1/s1. The summed E-state index contributed by atoms with van der Waals surface area (Å²) >= 11 is 0. The number of piperidine rings is 1. The smallest absolute Gasteiger partial charge is 0.404 e. The lowest BCUT2D eigenvalue weighted by Gasteiger charge is -2.40. The molecule has 29 heavy (non-hydrogen) atoms. The van der Waals surface area contributed by atoms with Crippen LogP contribution >= 0.6 is 0 Å². The molecule has 1 aliphatic carbocycles. The number of nitrogens with zero attached hydrogens (tertiary/aromatic N) is 3. The normalized spacial score (nSPS) is 23.9. The fraction of sp³-hybridized carbons (Fsp3) is 0.500. The van der Waals surface area contributed by atoms with Gasteiger partial charge in [0.1, 0.15) is 5.75 Å². The molecule has 2 fully saturated rings. The van der Waals surface area contributed by atoms with Crippen LogP contribution in [0.25, 0.3) is 11.4 Å². The van der Waals surface area contributed by atoms with Gasteiger partial charge in [0.25, 0.3) is 0 Å². The quantitative estimate of drug-likeness (QED) is 0.684. The summed E-state index contributed by atoms with van der Waals surface area (Å²) in [5.41, 5.74) is 1.66. The van der Waals surface area contributed by atoms with Crippen LogP contribution in [0.5, 0.6) is 5.75 Å². The van der Waals surface area contributed by atoms with Gasteiger partial charge in [-0.05, 0) is 43.9 Å². The van der Waals surface area contributed by atoms with Crippen molar-refractivity contribution < 1.29 is 19.4 Å². The SMILES string of the molecule is O=C(O)NC1CC(C(=O)N2CCC[C@@H](COc3ccc(-c4ccn[nH]4)nc3)C2)C1. The van der Waals surface area contributed by atoms with E-state index < -0.39 is 6.09 Å². The minimum Gasteiger partial charge on any atom is -0.492 e. The maximum Gasteiger partial charge on any atom is 0.404 e. The monoisotopic (exact) mass is 399 g/mol. The summed E-state index contributed by atoms with van der Waals surface area (Å²) in [6.07, 6.45) is 5.53. The van der Waals surface area contributed by atoms with Crippen molar-refractivity contribution in [2.24, 2.45) is 11.8 Å². The van der Waals surface area contributed by atoms with E-state index in [1.807, 2.05) is 23.1 Å². The summed E-state index contributed by atoms with van der Waals surface area (Å²) in [4.78, 5) is 29.6. The van der Waals surface area contributed by atoms with Crippen LogP contribution in [-0.4, -0.2) is 62.9 Å². The van der Waals surface area contributed by atoms with Gasteiger partial charge in [-0.25, -0.2) is 4.79 Å². The van der Waals surface area contributed by atoms with Crippen molar-refractivity contribution in [3.05, 3.63) is 30.6 Å². The number of hydrogen-bond acceptors (Lipinski definition) is 5. The molecule has 0 spiro atoms. The molecule has 2 aromatic rings. The third kappa shape index (κ3) is 4.67. The van der Waals surface area contributed by atoms with Crippen LogP contribution in [0.15, 0.2) is 30.6 Å². The first-order valence-electron chi connectivity index (χ1n) is 9.95. The van der Waals surface area contributed by atoms with Gasteiger partial charge < -0.3 is 20.1 Å². The predicted octanol–water partition coefficient (Wildman–Crippen LogP) is 2.14.